The Bertz CT molecular complexity index is 293. The number of Topliss-reactive ketones (excluding diaryl/α,β-unsaturated/α-hetero) is 1. The molecule has 0 spiro atoms. The molecule has 1 aliphatic carbocycles. The Morgan fingerprint density at radius 1 is 1.50 bits per heavy atom. The lowest BCUT2D eigenvalue weighted by Gasteiger charge is -2.01. The number of ketones is 1. The van der Waals surface area contributed by atoms with Crippen molar-refractivity contribution < 1.29 is 19.4 Å². The van der Waals surface area contributed by atoms with Gasteiger partial charge >= 0.3 is 5.97 Å². The molecule has 0 aromatic carbocycles. The number of rotatable bonds is 6. The van der Waals surface area contributed by atoms with Crippen LogP contribution in [0.4, 0.5) is 0 Å². The minimum absolute atomic E-state index is 0.0560. The average Bonchev–Trinajstić information content (AvgIpc) is 2.56. The van der Waals surface area contributed by atoms with Crippen LogP contribution in [0.3, 0.4) is 0 Å². The summed E-state index contributed by atoms with van der Waals surface area (Å²) in [6.07, 6.45) is 4.99. The number of carbonyl (C=O) groups excluding carboxylic acids is 2. The number of methoxy groups -OCH3 is 1. The van der Waals surface area contributed by atoms with Gasteiger partial charge in [-0.2, -0.15) is 0 Å². The Labute approximate surface area is 95.3 Å². The van der Waals surface area contributed by atoms with Crippen LogP contribution in [0.25, 0.3) is 0 Å². The van der Waals surface area contributed by atoms with E-state index in [9.17, 15) is 14.7 Å². The van der Waals surface area contributed by atoms with E-state index in [1.807, 2.05) is 0 Å². The minimum Gasteiger partial charge on any atom is -0.469 e. The predicted molar refractivity (Wildman–Crippen MR) is 58.8 cm³/mol. The van der Waals surface area contributed by atoms with Crippen LogP contribution in [-0.4, -0.2) is 30.1 Å². The molecule has 4 nitrogen and oxygen atoms in total. The van der Waals surface area contributed by atoms with Crippen molar-refractivity contribution in [2.75, 3.05) is 7.11 Å². The topological polar surface area (TPSA) is 63.6 Å². The van der Waals surface area contributed by atoms with Gasteiger partial charge in [-0.25, -0.2) is 0 Å². The molecule has 1 rings (SSSR count). The van der Waals surface area contributed by atoms with Crippen LogP contribution < -0.4 is 0 Å². The van der Waals surface area contributed by atoms with Gasteiger partial charge in [0.05, 0.1) is 13.2 Å². The lowest BCUT2D eigenvalue weighted by Crippen LogP contribution is -2.01. The van der Waals surface area contributed by atoms with Crippen molar-refractivity contribution in [3.8, 4) is 0 Å². The number of allylic oxidation sites excluding steroid dienone is 1. The van der Waals surface area contributed by atoms with Crippen molar-refractivity contribution in [2.24, 2.45) is 0 Å². The number of aliphatic hydroxyl groups is 1. The largest absolute Gasteiger partial charge is 0.469 e. The Hall–Kier alpha value is -1.16. The van der Waals surface area contributed by atoms with Gasteiger partial charge in [0.15, 0.2) is 5.78 Å². The third-order valence-corrected chi connectivity index (χ3v) is 2.70. The van der Waals surface area contributed by atoms with Crippen LogP contribution in [0, 0.1) is 0 Å². The molecule has 1 aliphatic rings. The molecule has 0 radical (unpaired) electrons. The molecule has 0 aromatic heterocycles. The van der Waals surface area contributed by atoms with Crippen LogP contribution in [-0.2, 0) is 14.3 Å². The van der Waals surface area contributed by atoms with Crippen LogP contribution in [0.15, 0.2) is 11.6 Å². The first-order chi connectivity index (χ1) is 7.63. The summed E-state index contributed by atoms with van der Waals surface area (Å²) < 4.78 is 4.52. The van der Waals surface area contributed by atoms with E-state index in [1.54, 1.807) is 6.08 Å². The van der Waals surface area contributed by atoms with Gasteiger partial charge in [-0.1, -0.05) is 6.42 Å². The van der Waals surface area contributed by atoms with E-state index in [2.05, 4.69) is 4.74 Å². The number of hydrogen-bond acceptors (Lipinski definition) is 4. The van der Waals surface area contributed by atoms with Crippen molar-refractivity contribution in [2.45, 2.75) is 44.6 Å². The molecular weight excluding hydrogens is 208 g/mol. The molecule has 1 N–H and O–H groups in total. The molecule has 0 aromatic rings. The van der Waals surface area contributed by atoms with E-state index in [0.29, 0.717) is 12.8 Å². The summed E-state index contributed by atoms with van der Waals surface area (Å²) in [5.74, 6) is -0.132. The summed E-state index contributed by atoms with van der Waals surface area (Å²) >= 11 is 0. The first-order valence-corrected chi connectivity index (χ1v) is 5.62. The number of aliphatic hydroxyl groups excluding tert-OH is 1. The van der Waals surface area contributed by atoms with Crippen molar-refractivity contribution in [3.63, 3.8) is 0 Å². The fourth-order valence-corrected chi connectivity index (χ4v) is 1.79. The maximum atomic E-state index is 11.3. The van der Waals surface area contributed by atoms with Crippen LogP contribution in [0.1, 0.15) is 38.5 Å². The van der Waals surface area contributed by atoms with Gasteiger partial charge < -0.3 is 9.84 Å². The molecule has 4 heteroatoms. The molecule has 0 saturated carbocycles. The standard InChI is InChI=1S/C12H18O4/c1-16-12(15)6-4-2-3-5-9-7-10(13)8-11(9)14/h7,10,13H,2-6,8H2,1H3. The zero-order valence-corrected chi connectivity index (χ0v) is 9.57. The monoisotopic (exact) mass is 226 g/mol. The molecule has 0 heterocycles. The van der Waals surface area contributed by atoms with Gasteiger partial charge in [0, 0.05) is 12.8 Å². The molecule has 0 amide bonds. The van der Waals surface area contributed by atoms with Crippen LogP contribution in [0.2, 0.25) is 0 Å². The van der Waals surface area contributed by atoms with E-state index >= 15 is 0 Å². The Balaban J connectivity index is 2.10. The number of esters is 1. The molecule has 90 valence electrons. The fourth-order valence-electron chi connectivity index (χ4n) is 1.79. The average molecular weight is 226 g/mol. The first kappa shape index (κ1) is 12.9. The van der Waals surface area contributed by atoms with Crippen molar-refractivity contribution in [1.82, 2.24) is 0 Å². The second-order valence-corrected chi connectivity index (χ2v) is 4.02. The van der Waals surface area contributed by atoms with Gasteiger partial charge in [-0.3, -0.25) is 9.59 Å². The third-order valence-electron chi connectivity index (χ3n) is 2.70. The summed E-state index contributed by atoms with van der Waals surface area (Å²) in [4.78, 5) is 22.1. The van der Waals surface area contributed by atoms with Gasteiger partial charge in [0.1, 0.15) is 0 Å². The van der Waals surface area contributed by atoms with E-state index in [1.165, 1.54) is 7.11 Å². The Kier molecular flexibility index (Phi) is 5.19. The first-order valence-electron chi connectivity index (χ1n) is 5.62. The molecule has 0 fully saturated rings. The Morgan fingerprint density at radius 2 is 2.25 bits per heavy atom. The summed E-state index contributed by atoms with van der Waals surface area (Å²) in [6, 6.07) is 0. The zero-order chi connectivity index (χ0) is 12.0. The van der Waals surface area contributed by atoms with Crippen LogP contribution in [0.5, 0.6) is 0 Å². The summed E-state index contributed by atoms with van der Waals surface area (Å²) in [6.45, 7) is 0. The molecule has 16 heavy (non-hydrogen) atoms. The highest BCUT2D eigenvalue weighted by Gasteiger charge is 2.21. The van der Waals surface area contributed by atoms with Crippen molar-refractivity contribution in [3.05, 3.63) is 11.6 Å². The lowest BCUT2D eigenvalue weighted by molar-refractivity contribution is -0.140. The molecule has 1 unspecified atom stereocenters. The fraction of sp³-hybridized carbons (Fsp3) is 0.667. The van der Waals surface area contributed by atoms with Gasteiger partial charge in [0.2, 0.25) is 0 Å². The smallest absolute Gasteiger partial charge is 0.305 e. The number of ether oxygens (including phenoxy) is 1. The van der Waals surface area contributed by atoms with E-state index < -0.39 is 6.10 Å². The SMILES string of the molecule is COC(=O)CCCCCC1=CC(O)CC1=O. The van der Waals surface area contributed by atoms with E-state index in [0.717, 1.165) is 24.8 Å². The molecule has 0 saturated heterocycles. The molecule has 0 aliphatic heterocycles. The lowest BCUT2D eigenvalue weighted by atomic mass is 10.1. The number of carbonyl (C=O) groups is 2. The third kappa shape index (κ3) is 4.14. The molecule has 0 bridgehead atoms. The molecular formula is C12H18O4. The van der Waals surface area contributed by atoms with Gasteiger partial charge in [-0.15, -0.1) is 0 Å². The van der Waals surface area contributed by atoms with Gasteiger partial charge in [0.25, 0.3) is 0 Å². The molecule has 1 atom stereocenters. The maximum Gasteiger partial charge on any atom is 0.305 e. The van der Waals surface area contributed by atoms with Crippen molar-refractivity contribution in [1.29, 1.82) is 0 Å². The van der Waals surface area contributed by atoms with Gasteiger partial charge in [-0.05, 0) is 30.9 Å². The normalized spacial score (nSPS) is 19.8. The summed E-state index contributed by atoms with van der Waals surface area (Å²) in [5, 5.41) is 9.22. The second-order valence-electron chi connectivity index (χ2n) is 4.02. The summed E-state index contributed by atoms with van der Waals surface area (Å²) in [5.41, 5.74) is 0.741. The number of hydrogen-bond donors (Lipinski definition) is 1. The highest BCUT2D eigenvalue weighted by molar-refractivity contribution is 5.98. The van der Waals surface area contributed by atoms with Crippen LogP contribution >= 0.6 is 0 Å². The highest BCUT2D eigenvalue weighted by Crippen LogP contribution is 2.20. The number of unbranched alkanes of at least 4 members (excludes halogenated alkanes) is 2. The maximum absolute atomic E-state index is 11.3. The quantitative estimate of drug-likeness (QED) is 0.549. The van der Waals surface area contributed by atoms with E-state index in [4.69, 9.17) is 0 Å². The minimum atomic E-state index is -0.586. The zero-order valence-electron chi connectivity index (χ0n) is 9.57. The van der Waals surface area contributed by atoms with E-state index in [-0.39, 0.29) is 18.2 Å². The second kappa shape index (κ2) is 6.43. The van der Waals surface area contributed by atoms with Crippen molar-refractivity contribution >= 4 is 11.8 Å². The summed E-state index contributed by atoms with van der Waals surface area (Å²) in [7, 11) is 1.38. The highest BCUT2D eigenvalue weighted by atomic mass is 16.5. The predicted octanol–water partition coefficient (Wildman–Crippen LogP) is 1.37. The Morgan fingerprint density at radius 3 is 2.81 bits per heavy atom.